The molecule has 1 aromatic carbocycles. The lowest BCUT2D eigenvalue weighted by Crippen LogP contribution is -2.47. The zero-order chi connectivity index (χ0) is 27.1. The summed E-state index contributed by atoms with van der Waals surface area (Å²) in [5.74, 6) is -4.99. The second-order valence-corrected chi connectivity index (χ2v) is 8.14. The Bertz CT molecular complexity index is 1410. The molecule has 0 fully saturated rings. The number of hydrogen-bond donors (Lipinski definition) is 3. The highest BCUT2D eigenvalue weighted by Gasteiger charge is 2.31. The summed E-state index contributed by atoms with van der Waals surface area (Å²) in [6.07, 6.45) is 0.511. The van der Waals surface area contributed by atoms with Crippen LogP contribution in [0.25, 0.3) is 0 Å². The van der Waals surface area contributed by atoms with E-state index in [0.717, 1.165) is 4.68 Å². The molecule has 13 nitrogen and oxygen atoms in total. The van der Waals surface area contributed by atoms with E-state index >= 15 is 0 Å². The lowest BCUT2D eigenvalue weighted by atomic mass is 10.1. The molecule has 0 aliphatic rings. The van der Waals surface area contributed by atoms with Gasteiger partial charge in [-0.15, -0.1) is 5.10 Å². The van der Waals surface area contributed by atoms with Gasteiger partial charge in [-0.25, -0.2) is 18.8 Å². The summed E-state index contributed by atoms with van der Waals surface area (Å²) >= 11 is 0. The van der Waals surface area contributed by atoms with Crippen molar-refractivity contribution < 1.29 is 34.1 Å². The summed E-state index contributed by atoms with van der Waals surface area (Å²) in [6, 6.07) is 6.31. The van der Waals surface area contributed by atoms with Gasteiger partial charge >= 0.3 is 17.6 Å². The fourth-order valence-electron chi connectivity index (χ4n) is 3.71. The predicted octanol–water partition coefficient (Wildman–Crippen LogP) is 0.631. The van der Waals surface area contributed by atoms with E-state index in [1.807, 2.05) is 0 Å². The van der Waals surface area contributed by atoms with E-state index in [-0.39, 0.29) is 24.0 Å². The van der Waals surface area contributed by atoms with Crippen molar-refractivity contribution in [2.75, 3.05) is 6.67 Å². The molecule has 14 heteroatoms. The highest BCUT2D eigenvalue weighted by atomic mass is 19.1. The summed E-state index contributed by atoms with van der Waals surface area (Å²) in [4.78, 5) is 62.6. The van der Waals surface area contributed by atoms with Gasteiger partial charge in [-0.2, -0.15) is 0 Å². The minimum atomic E-state index is -1.91. The molecular weight excluding hydrogens is 493 g/mol. The van der Waals surface area contributed by atoms with Gasteiger partial charge in [-0.1, -0.05) is 35.5 Å². The monoisotopic (exact) mass is 517 g/mol. The number of Topliss-reactive ketones (excluding diaryl/α,β-unsaturated/α-hetero) is 1. The summed E-state index contributed by atoms with van der Waals surface area (Å²) in [7, 11) is 0. The Morgan fingerprint density at radius 3 is 2.41 bits per heavy atom. The first-order valence-corrected chi connectivity index (χ1v) is 11.2. The molecule has 3 aromatic rings. The number of nitrogens with zero attached hydrogens (tertiary/aromatic N) is 5. The lowest BCUT2D eigenvalue weighted by Gasteiger charge is -2.19. The van der Waals surface area contributed by atoms with Crippen molar-refractivity contribution in [3.05, 3.63) is 74.2 Å². The Morgan fingerprint density at radius 2 is 1.78 bits per heavy atom. The summed E-state index contributed by atoms with van der Waals surface area (Å²) in [5, 5.41) is 37.1. The molecule has 0 aliphatic heterocycles. The van der Waals surface area contributed by atoms with Crippen LogP contribution in [0, 0.1) is 0 Å². The van der Waals surface area contributed by atoms with Gasteiger partial charge in [0.1, 0.15) is 18.2 Å². The van der Waals surface area contributed by atoms with Gasteiger partial charge in [0.05, 0.1) is 18.9 Å². The largest absolute Gasteiger partial charge is 0.494 e. The number of hydrogen-bond acceptors (Lipinski definition) is 8. The van der Waals surface area contributed by atoms with Crippen LogP contribution in [-0.2, 0) is 29.1 Å². The molecule has 0 saturated heterocycles. The number of ketones is 1. The van der Waals surface area contributed by atoms with Crippen LogP contribution >= 0.6 is 0 Å². The van der Waals surface area contributed by atoms with Gasteiger partial charge in [0.2, 0.25) is 5.88 Å². The second-order valence-electron chi connectivity index (χ2n) is 8.14. The van der Waals surface area contributed by atoms with E-state index in [1.54, 1.807) is 30.3 Å². The number of benzene rings is 1. The summed E-state index contributed by atoms with van der Waals surface area (Å²) < 4.78 is 14.4. The molecule has 37 heavy (non-hydrogen) atoms. The third kappa shape index (κ3) is 6.34. The van der Waals surface area contributed by atoms with Crippen molar-refractivity contribution in [3.8, 4) is 5.88 Å². The van der Waals surface area contributed by atoms with Crippen molar-refractivity contribution in [3.63, 3.8) is 0 Å². The molecule has 3 N–H and O–H groups in total. The number of aryl methyl sites for hydroxylation is 1. The zero-order valence-corrected chi connectivity index (χ0v) is 19.5. The van der Waals surface area contributed by atoms with Crippen LogP contribution in [0.4, 0.5) is 4.39 Å². The van der Waals surface area contributed by atoms with Crippen LogP contribution in [0.5, 0.6) is 5.88 Å². The number of aliphatic carboxylic acids is 2. The van der Waals surface area contributed by atoms with E-state index in [0.29, 0.717) is 15.8 Å². The van der Waals surface area contributed by atoms with E-state index in [2.05, 4.69) is 10.3 Å². The molecule has 0 bridgehead atoms. The number of aromatic nitrogens is 5. The predicted molar refractivity (Wildman–Crippen MR) is 124 cm³/mol. The highest BCUT2D eigenvalue weighted by Crippen LogP contribution is 2.18. The zero-order valence-electron chi connectivity index (χ0n) is 19.5. The first-order chi connectivity index (χ1) is 17.6. The van der Waals surface area contributed by atoms with Crippen LogP contribution in [0.2, 0.25) is 0 Å². The molecule has 0 spiro atoms. The average molecular weight is 517 g/mol. The number of carbonyl (C=O) groups excluding carboxylic acids is 1. The number of carboxylic acid groups (broad SMARTS) is 2. The van der Waals surface area contributed by atoms with Crippen molar-refractivity contribution in [2.24, 2.45) is 0 Å². The average Bonchev–Trinajstić information content (AvgIpc) is 3.29. The van der Waals surface area contributed by atoms with Gasteiger partial charge in [-0.05, 0) is 24.8 Å². The SMILES string of the molecule is O=C(O)CC[C@@H](C(=O)O)n1c(=O)c(C(=O)Cn2cc(CCCF)nn2)c(O)n(Cc2ccccc2)c1=O. The number of aromatic hydroxyl groups is 1. The fraction of sp³-hybridized carbons (Fsp3) is 0.348. The quantitative estimate of drug-likeness (QED) is 0.271. The van der Waals surface area contributed by atoms with Crippen LogP contribution in [0.1, 0.15) is 46.9 Å². The van der Waals surface area contributed by atoms with E-state index in [4.69, 9.17) is 5.11 Å². The molecule has 0 aliphatic carbocycles. The molecule has 0 radical (unpaired) electrons. The van der Waals surface area contributed by atoms with Crippen LogP contribution in [0.3, 0.4) is 0 Å². The number of rotatable bonds is 13. The van der Waals surface area contributed by atoms with Crippen molar-refractivity contribution in [1.82, 2.24) is 24.1 Å². The van der Waals surface area contributed by atoms with Crippen LogP contribution in [0.15, 0.2) is 46.1 Å². The van der Waals surface area contributed by atoms with Crippen LogP contribution < -0.4 is 11.2 Å². The molecule has 3 rings (SSSR count). The van der Waals surface area contributed by atoms with E-state index in [9.17, 15) is 38.6 Å². The van der Waals surface area contributed by atoms with Crippen molar-refractivity contribution in [2.45, 2.75) is 44.8 Å². The molecular formula is C23H24FN5O8. The van der Waals surface area contributed by atoms with E-state index < -0.39 is 72.5 Å². The molecule has 2 aromatic heterocycles. The normalized spacial score (nSPS) is 11.8. The van der Waals surface area contributed by atoms with Gasteiger partial charge < -0.3 is 15.3 Å². The fourth-order valence-corrected chi connectivity index (χ4v) is 3.71. The molecule has 0 amide bonds. The third-order valence-corrected chi connectivity index (χ3v) is 5.50. The molecule has 1 atom stereocenters. The van der Waals surface area contributed by atoms with E-state index in [1.165, 1.54) is 6.20 Å². The van der Waals surface area contributed by atoms with Gasteiger partial charge in [0.15, 0.2) is 5.78 Å². The van der Waals surface area contributed by atoms with Crippen LogP contribution in [-0.4, -0.2) is 63.8 Å². The standard InChI is InChI=1S/C23H24FN5O8/c24-10-4-7-15-12-27(26-25-15)13-17(30)19-20(33)28(11-14-5-2-1-3-6-14)23(37)29(21(19)34)16(22(35)36)8-9-18(31)32/h1-3,5-6,12,16,33H,4,7-11,13H2,(H,31,32)(H,35,36)/t16-/m0/s1. The molecule has 2 heterocycles. The molecule has 196 valence electrons. The van der Waals surface area contributed by atoms with Crippen molar-refractivity contribution >= 4 is 17.7 Å². The lowest BCUT2D eigenvalue weighted by molar-refractivity contribution is -0.142. The van der Waals surface area contributed by atoms with Gasteiger partial charge in [0, 0.05) is 12.6 Å². The number of carboxylic acids is 2. The first kappa shape index (κ1) is 27.0. The molecule has 0 unspecified atom stereocenters. The van der Waals surface area contributed by atoms with Gasteiger partial charge in [0.25, 0.3) is 5.56 Å². The maximum Gasteiger partial charge on any atom is 0.334 e. The summed E-state index contributed by atoms with van der Waals surface area (Å²) in [6.45, 7) is -1.48. The number of alkyl halides is 1. The Kier molecular flexibility index (Phi) is 8.66. The molecule has 0 saturated carbocycles. The highest BCUT2D eigenvalue weighted by molar-refractivity contribution is 5.97. The minimum Gasteiger partial charge on any atom is -0.494 e. The van der Waals surface area contributed by atoms with Crippen molar-refractivity contribution in [1.29, 1.82) is 0 Å². The Hall–Kier alpha value is -4.62. The first-order valence-electron chi connectivity index (χ1n) is 11.2. The topological polar surface area (TPSA) is 187 Å². The third-order valence-electron chi connectivity index (χ3n) is 5.50. The smallest absolute Gasteiger partial charge is 0.334 e. The second kappa shape index (κ2) is 11.9. The Labute approximate surface area is 208 Å². The minimum absolute atomic E-state index is 0.190. The summed E-state index contributed by atoms with van der Waals surface area (Å²) in [5.41, 5.74) is -2.59. The Balaban J connectivity index is 2.13. The maximum absolute atomic E-state index is 13.3. The number of halogens is 1. The number of carbonyl (C=O) groups is 3. The Morgan fingerprint density at radius 1 is 1.08 bits per heavy atom. The maximum atomic E-state index is 13.3. The van der Waals surface area contributed by atoms with Gasteiger partial charge in [-0.3, -0.25) is 23.3 Å².